The number of nitrogens with zero attached hydrogens (tertiary/aromatic N) is 4. The van der Waals surface area contributed by atoms with E-state index in [4.69, 9.17) is 4.98 Å². The molecule has 25 heavy (non-hydrogen) atoms. The van der Waals surface area contributed by atoms with Crippen molar-refractivity contribution >= 4 is 22.1 Å². The zero-order valence-electron chi connectivity index (χ0n) is 13.4. The number of imidazole rings is 1. The molecule has 0 aliphatic heterocycles. The maximum absolute atomic E-state index is 4.80. The van der Waals surface area contributed by atoms with Crippen LogP contribution in [0.2, 0.25) is 0 Å². The largest absolute Gasteiger partial charge is 0.290 e. The van der Waals surface area contributed by atoms with E-state index < -0.39 is 0 Å². The average Bonchev–Trinajstić information content (AvgIpc) is 3.09. The second kappa shape index (κ2) is 5.53. The number of hydrogen-bond donors (Lipinski definition) is 0. The summed E-state index contributed by atoms with van der Waals surface area (Å²) in [6.45, 7) is 0. The Balaban J connectivity index is 1.96. The molecule has 0 amide bonds. The predicted octanol–water partition coefficient (Wildman–Crippen LogP) is 4.64. The van der Waals surface area contributed by atoms with Gasteiger partial charge in [0.15, 0.2) is 0 Å². The lowest BCUT2D eigenvalue weighted by Gasteiger charge is -2.10. The van der Waals surface area contributed by atoms with Crippen molar-refractivity contribution in [2.45, 2.75) is 0 Å². The van der Waals surface area contributed by atoms with Crippen LogP contribution in [-0.2, 0) is 0 Å². The monoisotopic (exact) mass is 322 g/mol. The summed E-state index contributed by atoms with van der Waals surface area (Å²) in [7, 11) is 0. The molecule has 5 aromatic rings. The van der Waals surface area contributed by atoms with E-state index in [1.807, 2.05) is 54.6 Å². The maximum Gasteiger partial charge on any atom is 0.201 e. The maximum atomic E-state index is 4.80. The van der Waals surface area contributed by atoms with Gasteiger partial charge < -0.3 is 0 Å². The molecule has 0 saturated heterocycles. The Kier molecular flexibility index (Phi) is 3.07. The highest BCUT2D eigenvalue weighted by Crippen LogP contribution is 2.31. The van der Waals surface area contributed by atoms with Gasteiger partial charge in [-0.15, -0.1) is 10.2 Å². The zero-order valence-corrected chi connectivity index (χ0v) is 13.4. The van der Waals surface area contributed by atoms with Gasteiger partial charge in [0.1, 0.15) is 11.3 Å². The Hall–Kier alpha value is -3.53. The fourth-order valence-electron chi connectivity index (χ4n) is 3.19. The lowest BCUT2D eigenvalue weighted by molar-refractivity contribution is 1.10. The number of para-hydroxylation sites is 1. The molecule has 2 heterocycles. The third-order valence-electron chi connectivity index (χ3n) is 4.32. The van der Waals surface area contributed by atoms with Gasteiger partial charge in [0, 0.05) is 16.6 Å². The van der Waals surface area contributed by atoms with Gasteiger partial charge in [0.05, 0.1) is 5.52 Å². The molecule has 0 aliphatic rings. The van der Waals surface area contributed by atoms with Crippen molar-refractivity contribution in [2.75, 3.05) is 0 Å². The van der Waals surface area contributed by atoms with Crippen LogP contribution in [0.25, 0.3) is 39.1 Å². The number of rotatable bonds is 2. The fraction of sp³-hybridized carbons (Fsp3) is 0. The van der Waals surface area contributed by atoms with Crippen LogP contribution >= 0.6 is 0 Å². The minimum absolute atomic E-state index is 0.654. The van der Waals surface area contributed by atoms with Crippen LogP contribution in [0.4, 0.5) is 0 Å². The molecule has 0 spiro atoms. The van der Waals surface area contributed by atoms with Gasteiger partial charge >= 0.3 is 0 Å². The zero-order chi connectivity index (χ0) is 16.6. The lowest BCUT2D eigenvalue weighted by atomic mass is 10.2. The van der Waals surface area contributed by atoms with Crippen molar-refractivity contribution in [1.29, 1.82) is 0 Å². The normalized spacial score (nSPS) is 11.2. The predicted molar refractivity (Wildman–Crippen MR) is 99.6 cm³/mol. The second-order valence-corrected chi connectivity index (χ2v) is 5.86. The van der Waals surface area contributed by atoms with Gasteiger partial charge in [-0.2, -0.15) is 0 Å². The van der Waals surface area contributed by atoms with Crippen molar-refractivity contribution in [2.24, 2.45) is 0 Å². The summed E-state index contributed by atoms with van der Waals surface area (Å²) in [5.41, 5.74) is 4.61. The van der Waals surface area contributed by atoms with E-state index in [1.165, 1.54) is 0 Å². The molecule has 4 heteroatoms. The van der Waals surface area contributed by atoms with Gasteiger partial charge in [-0.05, 0) is 18.2 Å². The first-order valence-corrected chi connectivity index (χ1v) is 8.16. The van der Waals surface area contributed by atoms with Gasteiger partial charge in [-0.1, -0.05) is 66.7 Å². The summed E-state index contributed by atoms with van der Waals surface area (Å²) in [6.07, 6.45) is 0. The van der Waals surface area contributed by atoms with E-state index in [2.05, 4.69) is 45.1 Å². The van der Waals surface area contributed by atoms with E-state index in [0.717, 1.165) is 33.5 Å². The Morgan fingerprint density at radius 1 is 0.640 bits per heavy atom. The summed E-state index contributed by atoms with van der Waals surface area (Å²) in [5, 5.41) is 9.73. The van der Waals surface area contributed by atoms with E-state index in [9.17, 15) is 0 Å². The second-order valence-electron chi connectivity index (χ2n) is 5.86. The Morgan fingerprint density at radius 2 is 1.32 bits per heavy atom. The molecule has 0 radical (unpaired) electrons. The molecule has 0 fully saturated rings. The van der Waals surface area contributed by atoms with E-state index in [1.54, 1.807) is 0 Å². The molecular weight excluding hydrogens is 308 g/mol. The van der Waals surface area contributed by atoms with Crippen molar-refractivity contribution in [3.8, 4) is 17.1 Å². The number of aromatic nitrogens is 4. The SMILES string of the molecule is c1ccc(-c2nc3nnc4ccccc4c3n2-c2ccccc2)cc1. The molecule has 5 rings (SSSR count). The molecule has 0 unspecified atom stereocenters. The van der Waals surface area contributed by atoms with Crippen LogP contribution in [0.15, 0.2) is 84.9 Å². The van der Waals surface area contributed by atoms with E-state index in [0.29, 0.717) is 5.65 Å². The highest BCUT2D eigenvalue weighted by atomic mass is 15.2. The fourth-order valence-corrected chi connectivity index (χ4v) is 3.19. The molecule has 3 aromatic carbocycles. The van der Waals surface area contributed by atoms with Gasteiger partial charge in [-0.25, -0.2) is 4.98 Å². The number of hydrogen-bond acceptors (Lipinski definition) is 3. The standard InChI is InChI=1S/C21H14N4/c1-3-9-15(10-4-1)21-22-20-19(25(21)16-11-5-2-6-12-16)17-13-7-8-14-18(17)23-24-20/h1-14H. The lowest BCUT2D eigenvalue weighted by Crippen LogP contribution is -1.98. The summed E-state index contributed by atoms with van der Waals surface area (Å²) in [4.78, 5) is 4.80. The minimum atomic E-state index is 0.654. The smallest absolute Gasteiger partial charge is 0.201 e. The van der Waals surface area contributed by atoms with E-state index in [-0.39, 0.29) is 0 Å². The first-order chi connectivity index (χ1) is 12.4. The van der Waals surface area contributed by atoms with Crippen LogP contribution in [-0.4, -0.2) is 19.7 Å². The van der Waals surface area contributed by atoms with Crippen LogP contribution < -0.4 is 0 Å². The third kappa shape index (κ3) is 2.19. The molecule has 0 saturated carbocycles. The highest BCUT2D eigenvalue weighted by molar-refractivity contribution is 6.02. The van der Waals surface area contributed by atoms with Gasteiger partial charge in [0.25, 0.3) is 0 Å². The van der Waals surface area contributed by atoms with Crippen LogP contribution in [0.5, 0.6) is 0 Å². The molecule has 4 nitrogen and oxygen atoms in total. The highest BCUT2D eigenvalue weighted by Gasteiger charge is 2.17. The summed E-state index contributed by atoms with van der Waals surface area (Å²) in [5.74, 6) is 0.868. The van der Waals surface area contributed by atoms with Crippen LogP contribution in [0.3, 0.4) is 0 Å². The van der Waals surface area contributed by atoms with Crippen molar-refractivity contribution < 1.29 is 0 Å². The summed E-state index contributed by atoms with van der Waals surface area (Å²) < 4.78 is 2.17. The molecule has 0 atom stereocenters. The van der Waals surface area contributed by atoms with Crippen LogP contribution in [0, 0.1) is 0 Å². The topological polar surface area (TPSA) is 43.6 Å². The van der Waals surface area contributed by atoms with Gasteiger partial charge in [-0.3, -0.25) is 4.57 Å². The van der Waals surface area contributed by atoms with Crippen LogP contribution in [0.1, 0.15) is 0 Å². The number of benzene rings is 3. The third-order valence-corrected chi connectivity index (χ3v) is 4.32. The Bertz CT molecular complexity index is 1180. The van der Waals surface area contributed by atoms with Crippen molar-refractivity contribution in [3.05, 3.63) is 84.9 Å². The Labute approximate surface area is 144 Å². The number of fused-ring (bicyclic) bond motifs is 3. The van der Waals surface area contributed by atoms with Crippen molar-refractivity contribution in [3.63, 3.8) is 0 Å². The average molecular weight is 322 g/mol. The molecule has 0 aliphatic carbocycles. The summed E-state index contributed by atoms with van der Waals surface area (Å²) >= 11 is 0. The molecular formula is C21H14N4. The van der Waals surface area contributed by atoms with Gasteiger partial charge in [0.2, 0.25) is 5.65 Å². The Morgan fingerprint density at radius 3 is 2.12 bits per heavy atom. The first-order valence-electron chi connectivity index (χ1n) is 8.16. The quantitative estimate of drug-likeness (QED) is 0.476. The molecule has 2 aromatic heterocycles. The molecule has 0 bridgehead atoms. The van der Waals surface area contributed by atoms with E-state index >= 15 is 0 Å². The minimum Gasteiger partial charge on any atom is -0.290 e. The molecule has 0 N–H and O–H groups in total. The van der Waals surface area contributed by atoms with Crippen molar-refractivity contribution in [1.82, 2.24) is 19.7 Å². The molecule has 118 valence electrons. The summed E-state index contributed by atoms with van der Waals surface area (Å²) in [6, 6.07) is 28.5. The first kappa shape index (κ1) is 13.9.